The van der Waals surface area contributed by atoms with Crippen molar-refractivity contribution in [3.8, 4) is 0 Å². The molecule has 37 heavy (non-hydrogen) atoms. The molecule has 4 amide bonds. The fourth-order valence-corrected chi connectivity index (χ4v) is 5.50. The fourth-order valence-electron chi connectivity index (χ4n) is 5.50. The van der Waals surface area contributed by atoms with Crippen LogP contribution in [0.5, 0.6) is 0 Å². The fraction of sp³-hybridized carbons (Fsp3) is 0.615. The molecule has 0 saturated carbocycles. The minimum Gasteiger partial charge on any atom is -0.382 e. The summed E-state index contributed by atoms with van der Waals surface area (Å²) >= 11 is 0. The molecule has 1 aromatic rings. The van der Waals surface area contributed by atoms with Crippen molar-refractivity contribution in [3.05, 3.63) is 29.3 Å². The van der Waals surface area contributed by atoms with E-state index in [0.29, 0.717) is 44.8 Å². The minimum atomic E-state index is -0.626. The monoisotopic (exact) mass is 513 g/mol. The number of piperidine rings is 3. The molecule has 4 aliphatic rings. The second-order valence-corrected chi connectivity index (χ2v) is 10.1. The van der Waals surface area contributed by atoms with Crippen LogP contribution in [0, 0.1) is 0 Å². The first-order chi connectivity index (χ1) is 18.0. The van der Waals surface area contributed by atoms with Crippen LogP contribution in [0.3, 0.4) is 0 Å². The van der Waals surface area contributed by atoms with Crippen molar-refractivity contribution in [3.63, 3.8) is 0 Å². The summed E-state index contributed by atoms with van der Waals surface area (Å²) in [4.78, 5) is 57.9. The number of fused-ring (bicyclic) bond motifs is 1. The van der Waals surface area contributed by atoms with E-state index in [4.69, 9.17) is 9.57 Å². The van der Waals surface area contributed by atoms with Crippen molar-refractivity contribution in [2.75, 3.05) is 44.6 Å². The van der Waals surface area contributed by atoms with E-state index < -0.39 is 11.9 Å². The van der Waals surface area contributed by atoms with E-state index in [1.807, 2.05) is 12.1 Å². The maximum absolute atomic E-state index is 13.0. The van der Waals surface area contributed by atoms with Gasteiger partial charge in [0.25, 0.3) is 5.91 Å². The van der Waals surface area contributed by atoms with Crippen molar-refractivity contribution in [2.45, 2.75) is 63.6 Å². The molecular formula is C26H35N5O6. The highest BCUT2D eigenvalue weighted by molar-refractivity contribution is 6.06. The molecule has 1 atom stereocenters. The molecule has 2 N–H and O–H groups in total. The summed E-state index contributed by atoms with van der Waals surface area (Å²) in [5.74, 6) is -0.887. The molecule has 1 aromatic carbocycles. The van der Waals surface area contributed by atoms with Gasteiger partial charge >= 0.3 is 6.09 Å². The highest BCUT2D eigenvalue weighted by Crippen LogP contribution is 2.32. The van der Waals surface area contributed by atoms with Crippen LogP contribution in [0.4, 0.5) is 10.5 Å². The maximum Gasteiger partial charge on any atom is 0.428 e. The molecule has 0 bridgehead atoms. The van der Waals surface area contributed by atoms with Crippen LogP contribution in [0.1, 0.15) is 60.9 Å². The Morgan fingerprint density at radius 1 is 1.03 bits per heavy atom. The number of benzene rings is 1. The van der Waals surface area contributed by atoms with Gasteiger partial charge in [0.15, 0.2) is 0 Å². The molecule has 3 saturated heterocycles. The zero-order valence-electron chi connectivity index (χ0n) is 21.1. The van der Waals surface area contributed by atoms with Crippen molar-refractivity contribution in [2.24, 2.45) is 0 Å². The van der Waals surface area contributed by atoms with Gasteiger partial charge in [-0.25, -0.2) is 4.79 Å². The summed E-state index contributed by atoms with van der Waals surface area (Å²) in [7, 11) is 0. The first-order valence-electron chi connectivity index (χ1n) is 13.3. The van der Waals surface area contributed by atoms with Gasteiger partial charge in [-0.05, 0) is 50.7 Å². The summed E-state index contributed by atoms with van der Waals surface area (Å²) in [5.41, 5.74) is 2.30. The number of hydrogen-bond acceptors (Lipinski definition) is 8. The summed E-state index contributed by atoms with van der Waals surface area (Å²) in [6.45, 7) is 4.28. The summed E-state index contributed by atoms with van der Waals surface area (Å²) in [6.07, 6.45) is 5.29. The lowest BCUT2D eigenvalue weighted by Crippen LogP contribution is -2.52. The number of ether oxygens (including phenoxy) is 1. The van der Waals surface area contributed by atoms with Crippen LogP contribution in [-0.2, 0) is 25.7 Å². The number of nitrogens with zero attached hydrogens (tertiary/aromatic N) is 3. The Morgan fingerprint density at radius 3 is 2.57 bits per heavy atom. The van der Waals surface area contributed by atoms with Gasteiger partial charge in [0.1, 0.15) is 6.04 Å². The quantitative estimate of drug-likeness (QED) is 0.419. The number of carbonyl (C=O) groups is 4. The van der Waals surface area contributed by atoms with Crippen molar-refractivity contribution >= 4 is 29.5 Å². The standard InChI is InChI=1S/C26H35N5O6/c32-23-8-7-22(24(33)28-23)31-17-20-19(25(31)34)5-4-6-21(20)27-11-16-36-18-9-14-30(15-10-18)37-26(35)29-12-2-1-3-13-29/h4-6,18,22,27H,1-3,7-17H2,(H,28,32,33). The molecular weight excluding hydrogens is 478 g/mol. The smallest absolute Gasteiger partial charge is 0.382 e. The third kappa shape index (κ3) is 5.88. The lowest BCUT2D eigenvalue weighted by Gasteiger charge is -2.33. The molecule has 200 valence electrons. The van der Waals surface area contributed by atoms with Crippen molar-refractivity contribution in [1.29, 1.82) is 0 Å². The number of hydroxylamine groups is 2. The lowest BCUT2D eigenvalue weighted by molar-refractivity contribution is -0.143. The first-order valence-corrected chi connectivity index (χ1v) is 13.3. The first kappa shape index (κ1) is 25.5. The van der Waals surface area contributed by atoms with E-state index in [1.54, 1.807) is 20.9 Å². The Morgan fingerprint density at radius 2 is 1.81 bits per heavy atom. The van der Waals surface area contributed by atoms with Crippen LogP contribution in [0.2, 0.25) is 0 Å². The van der Waals surface area contributed by atoms with Crippen LogP contribution >= 0.6 is 0 Å². The number of likely N-dealkylation sites (tertiary alicyclic amines) is 1. The summed E-state index contributed by atoms with van der Waals surface area (Å²) in [5, 5.41) is 7.45. The van der Waals surface area contributed by atoms with E-state index in [2.05, 4.69) is 10.6 Å². The SMILES string of the molecule is O=C1CCC(N2Cc3c(NCCOC4CCN(OC(=O)N5CCCCC5)CC4)cccc3C2=O)C(=O)N1. The molecule has 4 aliphatic heterocycles. The van der Waals surface area contributed by atoms with Crippen molar-refractivity contribution < 1.29 is 28.8 Å². The van der Waals surface area contributed by atoms with Crippen LogP contribution in [0.15, 0.2) is 18.2 Å². The Bertz CT molecular complexity index is 1030. The molecule has 0 radical (unpaired) electrons. The number of anilines is 1. The molecule has 0 aromatic heterocycles. The van der Waals surface area contributed by atoms with Gasteiger partial charge in [0, 0.05) is 62.5 Å². The van der Waals surface area contributed by atoms with Gasteiger partial charge in [0.2, 0.25) is 11.8 Å². The lowest BCUT2D eigenvalue weighted by atomic mass is 10.0. The predicted molar refractivity (Wildman–Crippen MR) is 133 cm³/mol. The van der Waals surface area contributed by atoms with Gasteiger partial charge in [-0.3, -0.25) is 19.7 Å². The van der Waals surface area contributed by atoms with Crippen LogP contribution in [0.25, 0.3) is 0 Å². The van der Waals surface area contributed by atoms with E-state index >= 15 is 0 Å². The second-order valence-electron chi connectivity index (χ2n) is 10.1. The Kier molecular flexibility index (Phi) is 7.90. The van der Waals surface area contributed by atoms with Crippen LogP contribution < -0.4 is 10.6 Å². The molecule has 11 heteroatoms. The molecule has 0 aliphatic carbocycles. The van der Waals surface area contributed by atoms with E-state index in [-0.39, 0.29) is 30.4 Å². The Balaban J connectivity index is 1.05. The largest absolute Gasteiger partial charge is 0.428 e. The molecule has 11 nitrogen and oxygen atoms in total. The predicted octanol–water partition coefficient (Wildman–Crippen LogP) is 1.88. The van der Waals surface area contributed by atoms with E-state index in [0.717, 1.165) is 50.0 Å². The summed E-state index contributed by atoms with van der Waals surface area (Å²) < 4.78 is 6.05. The average molecular weight is 514 g/mol. The number of imide groups is 1. The number of nitrogens with one attached hydrogen (secondary N) is 2. The zero-order valence-corrected chi connectivity index (χ0v) is 21.1. The molecule has 5 rings (SSSR count). The normalized spacial score (nSPS) is 23.1. The minimum absolute atomic E-state index is 0.109. The Hall–Kier alpha value is -3.18. The zero-order chi connectivity index (χ0) is 25.8. The topological polar surface area (TPSA) is 121 Å². The third-order valence-corrected chi connectivity index (χ3v) is 7.58. The number of rotatable bonds is 7. The van der Waals surface area contributed by atoms with Gasteiger partial charge in [0.05, 0.1) is 12.7 Å². The average Bonchev–Trinajstić information content (AvgIpc) is 3.25. The Labute approximate surface area is 216 Å². The van der Waals surface area contributed by atoms with Gasteiger partial charge in [-0.2, -0.15) is 0 Å². The maximum atomic E-state index is 13.0. The van der Waals surface area contributed by atoms with Crippen molar-refractivity contribution in [1.82, 2.24) is 20.2 Å². The summed E-state index contributed by atoms with van der Waals surface area (Å²) in [6, 6.07) is 4.90. The molecule has 0 spiro atoms. The molecule has 3 fully saturated rings. The van der Waals surface area contributed by atoms with Crippen LogP contribution in [-0.4, -0.2) is 90.2 Å². The molecule has 1 unspecified atom stereocenters. The second kappa shape index (κ2) is 11.5. The van der Waals surface area contributed by atoms with Gasteiger partial charge in [-0.1, -0.05) is 6.07 Å². The van der Waals surface area contributed by atoms with E-state index in [9.17, 15) is 19.2 Å². The third-order valence-electron chi connectivity index (χ3n) is 7.58. The number of hydrogen-bond donors (Lipinski definition) is 2. The molecule has 4 heterocycles. The van der Waals surface area contributed by atoms with Gasteiger partial charge in [-0.15, -0.1) is 5.06 Å². The highest BCUT2D eigenvalue weighted by atomic mass is 16.7. The van der Waals surface area contributed by atoms with Gasteiger partial charge < -0.3 is 24.7 Å². The highest BCUT2D eigenvalue weighted by Gasteiger charge is 2.39. The number of amides is 4. The van der Waals surface area contributed by atoms with E-state index in [1.165, 1.54) is 6.42 Å². The number of carbonyl (C=O) groups excluding carboxylic acids is 4.